The Morgan fingerprint density at radius 2 is 1.65 bits per heavy atom. The van der Waals surface area contributed by atoms with Gasteiger partial charge in [0.1, 0.15) is 6.54 Å². The van der Waals surface area contributed by atoms with E-state index in [1.807, 2.05) is 0 Å². The molecular weight excluding hydrogens is 378 g/mol. The Kier molecular flexibility index (Phi) is 6.23. The summed E-state index contributed by atoms with van der Waals surface area (Å²) >= 11 is 6.06. The fourth-order valence-corrected chi connectivity index (χ4v) is 3.40. The number of para-hydroxylation sites is 1. The van der Waals surface area contributed by atoms with Gasteiger partial charge in [-0.3, -0.25) is 13.9 Å². The highest BCUT2D eigenvalue weighted by molar-refractivity contribution is 7.92. The van der Waals surface area contributed by atoms with E-state index < -0.39 is 22.5 Å². The van der Waals surface area contributed by atoms with E-state index in [-0.39, 0.29) is 16.6 Å². The molecule has 2 rings (SSSR count). The molecule has 0 radical (unpaired) electrons. The van der Waals surface area contributed by atoms with Crippen molar-refractivity contribution in [1.82, 2.24) is 0 Å². The number of halogens is 1. The molecule has 0 bridgehead atoms. The van der Waals surface area contributed by atoms with Crippen molar-refractivity contribution in [2.24, 2.45) is 0 Å². The number of rotatable bonds is 6. The molecule has 2 amide bonds. The number of hydrogen-bond donors (Lipinski definition) is 2. The van der Waals surface area contributed by atoms with E-state index in [0.29, 0.717) is 11.4 Å². The molecule has 0 fully saturated rings. The third kappa shape index (κ3) is 5.47. The average molecular weight is 396 g/mol. The van der Waals surface area contributed by atoms with E-state index in [4.69, 9.17) is 11.6 Å². The second kappa shape index (κ2) is 8.20. The number of hydrogen-bond acceptors (Lipinski definition) is 4. The summed E-state index contributed by atoms with van der Waals surface area (Å²) in [5, 5.41) is 5.43. The quantitative estimate of drug-likeness (QED) is 0.786. The third-order valence-electron chi connectivity index (χ3n) is 3.28. The summed E-state index contributed by atoms with van der Waals surface area (Å²) in [6.07, 6.45) is 1.00. The number of benzene rings is 2. The van der Waals surface area contributed by atoms with Gasteiger partial charge in [0, 0.05) is 18.3 Å². The van der Waals surface area contributed by atoms with Gasteiger partial charge in [-0.25, -0.2) is 8.42 Å². The third-order valence-corrected chi connectivity index (χ3v) is 4.72. The van der Waals surface area contributed by atoms with Gasteiger partial charge in [0.05, 0.1) is 17.0 Å². The minimum atomic E-state index is -3.72. The number of nitrogens with zero attached hydrogens (tertiary/aromatic N) is 1. The Bertz CT molecular complexity index is 931. The van der Waals surface area contributed by atoms with Crippen LogP contribution in [0.4, 0.5) is 17.1 Å². The molecule has 2 N–H and O–H groups in total. The van der Waals surface area contributed by atoms with Crippen LogP contribution in [0, 0.1) is 0 Å². The van der Waals surface area contributed by atoms with Gasteiger partial charge < -0.3 is 10.6 Å². The molecular formula is C17H18ClN3O4S. The van der Waals surface area contributed by atoms with Crippen molar-refractivity contribution in [2.75, 3.05) is 27.7 Å². The minimum Gasteiger partial charge on any atom is -0.326 e. The first kappa shape index (κ1) is 19.7. The Morgan fingerprint density at radius 1 is 1.04 bits per heavy atom. The smallest absolute Gasteiger partial charge is 0.245 e. The van der Waals surface area contributed by atoms with E-state index in [1.165, 1.54) is 13.0 Å². The second-order valence-corrected chi connectivity index (χ2v) is 7.85. The number of nitrogens with one attached hydrogen (secondary N) is 2. The van der Waals surface area contributed by atoms with Gasteiger partial charge in [-0.1, -0.05) is 29.8 Å². The first-order chi connectivity index (χ1) is 12.2. The van der Waals surface area contributed by atoms with E-state index >= 15 is 0 Å². The highest BCUT2D eigenvalue weighted by atomic mass is 35.5. The molecule has 0 aliphatic heterocycles. The van der Waals surface area contributed by atoms with Gasteiger partial charge in [-0.05, 0) is 30.3 Å². The van der Waals surface area contributed by atoms with E-state index in [2.05, 4.69) is 10.6 Å². The van der Waals surface area contributed by atoms with Crippen LogP contribution in [0.15, 0.2) is 48.5 Å². The summed E-state index contributed by atoms with van der Waals surface area (Å²) in [4.78, 5) is 23.4. The predicted octanol–water partition coefficient (Wildman–Crippen LogP) is 2.70. The van der Waals surface area contributed by atoms with Crippen molar-refractivity contribution in [3.8, 4) is 0 Å². The maximum Gasteiger partial charge on any atom is 0.245 e. The van der Waals surface area contributed by atoms with Gasteiger partial charge >= 0.3 is 0 Å². The maximum atomic E-state index is 12.3. The van der Waals surface area contributed by atoms with Gasteiger partial charge in [0.15, 0.2) is 0 Å². The van der Waals surface area contributed by atoms with Gasteiger partial charge in [-0.2, -0.15) is 0 Å². The van der Waals surface area contributed by atoms with E-state index in [1.54, 1.807) is 42.5 Å². The van der Waals surface area contributed by atoms with Gasteiger partial charge in [0.25, 0.3) is 0 Å². The summed E-state index contributed by atoms with van der Waals surface area (Å²) in [7, 11) is -3.72. The molecule has 0 unspecified atom stereocenters. The zero-order chi connectivity index (χ0) is 19.3. The Hall–Kier alpha value is -2.58. The Labute approximate surface area is 157 Å². The standard InChI is InChI=1S/C17H18ClN3O4S/c1-12(22)19-13-6-5-7-14(10-13)20-17(23)11-21(26(2,24)25)16-9-4-3-8-15(16)18/h3-10H,11H2,1-2H3,(H,19,22)(H,20,23). The van der Waals surface area contributed by atoms with Crippen LogP contribution in [0.25, 0.3) is 0 Å². The Balaban J connectivity index is 2.18. The number of sulfonamides is 1. The molecule has 2 aromatic rings. The zero-order valence-electron chi connectivity index (χ0n) is 14.2. The average Bonchev–Trinajstić information content (AvgIpc) is 2.52. The summed E-state index contributed by atoms with van der Waals surface area (Å²) in [5.74, 6) is -0.786. The van der Waals surface area contributed by atoms with Crippen molar-refractivity contribution < 1.29 is 18.0 Å². The van der Waals surface area contributed by atoms with Crippen molar-refractivity contribution in [3.63, 3.8) is 0 Å². The largest absolute Gasteiger partial charge is 0.326 e. The van der Waals surface area contributed by atoms with Crippen LogP contribution < -0.4 is 14.9 Å². The lowest BCUT2D eigenvalue weighted by atomic mass is 10.2. The normalized spacial score (nSPS) is 10.9. The second-order valence-electron chi connectivity index (χ2n) is 5.53. The summed E-state index contributed by atoms with van der Waals surface area (Å²) in [6.45, 7) is 0.936. The highest BCUT2D eigenvalue weighted by Gasteiger charge is 2.22. The number of amides is 2. The maximum absolute atomic E-state index is 12.3. The van der Waals surface area contributed by atoms with Gasteiger partial charge in [0.2, 0.25) is 21.8 Å². The van der Waals surface area contributed by atoms with Crippen molar-refractivity contribution in [2.45, 2.75) is 6.92 Å². The predicted molar refractivity (Wildman–Crippen MR) is 103 cm³/mol. The van der Waals surface area contributed by atoms with Crippen molar-refractivity contribution >= 4 is 50.5 Å². The molecule has 0 aliphatic carbocycles. The summed E-state index contributed by atoms with van der Waals surface area (Å²) < 4.78 is 25.1. The van der Waals surface area contributed by atoms with Crippen LogP contribution in [-0.2, 0) is 19.6 Å². The van der Waals surface area contributed by atoms with Gasteiger partial charge in [-0.15, -0.1) is 0 Å². The highest BCUT2D eigenvalue weighted by Crippen LogP contribution is 2.27. The lowest BCUT2D eigenvalue weighted by Crippen LogP contribution is -2.37. The molecule has 26 heavy (non-hydrogen) atoms. The van der Waals surface area contributed by atoms with Crippen LogP contribution in [0.5, 0.6) is 0 Å². The molecule has 2 aromatic carbocycles. The van der Waals surface area contributed by atoms with E-state index in [0.717, 1.165) is 10.6 Å². The molecule has 0 saturated carbocycles. The van der Waals surface area contributed by atoms with E-state index in [9.17, 15) is 18.0 Å². The van der Waals surface area contributed by atoms with Crippen LogP contribution in [0.3, 0.4) is 0 Å². The fraction of sp³-hybridized carbons (Fsp3) is 0.176. The zero-order valence-corrected chi connectivity index (χ0v) is 15.8. The monoisotopic (exact) mass is 395 g/mol. The number of carbonyl (C=O) groups excluding carboxylic acids is 2. The topological polar surface area (TPSA) is 95.6 Å². The molecule has 7 nitrogen and oxygen atoms in total. The lowest BCUT2D eigenvalue weighted by Gasteiger charge is -2.22. The van der Waals surface area contributed by atoms with Crippen LogP contribution in [0.2, 0.25) is 5.02 Å². The first-order valence-corrected chi connectivity index (χ1v) is 9.79. The molecule has 0 aromatic heterocycles. The molecule has 0 aliphatic rings. The van der Waals surface area contributed by atoms with Crippen LogP contribution >= 0.6 is 11.6 Å². The van der Waals surface area contributed by atoms with Crippen molar-refractivity contribution in [3.05, 3.63) is 53.6 Å². The summed E-state index contributed by atoms with van der Waals surface area (Å²) in [5.41, 5.74) is 1.16. The minimum absolute atomic E-state index is 0.221. The first-order valence-electron chi connectivity index (χ1n) is 7.56. The molecule has 9 heteroatoms. The summed E-state index contributed by atoms with van der Waals surface area (Å²) in [6, 6.07) is 12.9. The fourth-order valence-electron chi connectivity index (χ4n) is 2.24. The number of anilines is 3. The molecule has 0 atom stereocenters. The number of carbonyl (C=O) groups is 2. The SMILES string of the molecule is CC(=O)Nc1cccc(NC(=O)CN(c2ccccc2Cl)S(C)(=O)=O)c1. The lowest BCUT2D eigenvalue weighted by molar-refractivity contribution is -0.115. The molecule has 0 spiro atoms. The van der Waals surface area contributed by atoms with Crippen molar-refractivity contribution in [1.29, 1.82) is 0 Å². The molecule has 0 saturated heterocycles. The Morgan fingerprint density at radius 3 is 2.23 bits per heavy atom. The van der Waals surface area contributed by atoms with Crippen LogP contribution in [-0.4, -0.2) is 33.0 Å². The molecule has 0 heterocycles. The molecule has 138 valence electrons. The van der Waals surface area contributed by atoms with Crippen LogP contribution in [0.1, 0.15) is 6.92 Å².